The van der Waals surface area contributed by atoms with Crippen molar-refractivity contribution in [3.8, 4) is 0 Å². The molecule has 1 saturated heterocycles. The fourth-order valence-corrected chi connectivity index (χ4v) is 4.83. The van der Waals surface area contributed by atoms with Crippen molar-refractivity contribution in [3.63, 3.8) is 0 Å². The summed E-state index contributed by atoms with van der Waals surface area (Å²) >= 11 is 0. The fourth-order valence-electron chi connectivity index (χ4n) is 3.20. The highest BCUT2D eigenvalue weighted by atomic mass is 32.2. The first-order chi connectivity index (χ1) is 10.5. The van der Waals surface area contributed by atoms with Gasteiger partial charge in [-0.15, -0.1) is 0 Å². The fraction of sp³-hybridized carbons (Fsp3) is 0.412. The molecule has 3 nitrogen and oxygen atoms in total. The lowest BCUT2D eigenvalue weighted by Crippen LogP contribution is -2.21. The van der Waals surface area contributed by atoms with Gasteiger partial charge in [0.15, 0.2) is 9.84 Å². The molecule has 1 aromatic carbocycles. The maximum Gasteiger partial charge on any atom is 0.185 e. The van der Waals surface area contributed by atoms with Crippen LogP contribution in [0.2, 0.25) is 0 Å². The summed E-state index contributed by atoms with van der Waals surface area (Å²) in [6, 6.07) is 5.31. The summed E-state index contributed by atoms with van der Waals surface area (Å²) in [5.41, 5.74) is 2.19. The molecule has 0 spiro atoms. The lowest BCUT2D eigenvalue weighted by atomic mass is 9.94. The third kappa shape index (κ3) is 2.88. The molecule has 1 fully saturated rings. The van der Waals surface area contributed by atoms with Crippen LogP contribution in [-0.2, 0) is 9.84 Å². The molecule has 0 aromatic heterocycles. The molecule has 0 bridgehead atoms. The van der Waals surface area contributed by atoms with E-state index in [4.69, 9.17) is 0 Å². The highest BCUT2D eigenvalue weighted by molar-refractivity contribution is 7.92. The van der Waals surface area contributed by atoms with Crippen LogP contribution in [0.5, 0.6) is 0 Å². The molecule has 1 heterocycles. The molecule has 0 radical (unpaired) electrons. The van der Waals surface area contributed by atoms with E-state index in [1.54, 1.807) is 18.2 Å². The Kier molecular flexibility index (Phi) is 4.19. The van der Waals surface area contributed by atoms with Gasteiger partial charge in [0.2, 0.25) is 0 Å². The predicted octanol–water partition coefficient (Wildman–Crippen LogP) is 3.03. The summed E-state index contributed by atoms with van der Waals surface area (Å²) in [6.07, 6.45) is 5.35. The molecule has 1 aliphatic carbocycles. The molecule has 1 aliphatic heterocycles. The average molecular weight is 321 g/mol. The molecule has 118 valence electrons. The van der Waals surface area contributed by atoms with Crippen molar-refractivity contribution in [1.29, 1.82) is 0 Å². The molecule has 22 heavy (non-hydrogen) atoms. The summed E-state index contributed by atoms with van der Waals surface area (Å²) in [5, 5.41) is 2.51. The molecule has 2 unspecified atom stereocenters. The zero-order chi connectivity index (χ0) is 15.7. The van der Waals surface area contributed by atoms with E-state index < -0.39 is 15.1 Å². The van der Waals surface area contributed by atoms with E-state index in [1.807, 2.05) is 13.0 Å². The second-order valence-corrected chi connectivity index (χ2v) is 8.16. The van der Waals surface area contributed by atoms with Crippen LogP contribution < -0.4 is 5.32 Å². The van der Waals surface area contributed by atoms with Crippen LogP contribution >= 0.6 is 0 Å². The van der Waals surface area contributed by atoms with Crippen molar-refractivity contribution in [1.82, 2.24) is 5.32 Å². The van der Waals surface area contributed by atoms with Gasteiger partial charge in [-0.05, 0) is 55.1 Å². The first-order valence-electron chi connectivity index (χ1n) is 7.56. The first kappa shape index (κ1) is 15.4. The van der Waals surface area contributed by atoms with E-state index in [0.29, 0.717) is 5.92 Å². The molecule has 5 heteroatoms. The van der Waals surface area contributed by atoms with Gasteiger partial charge in [-0.25, -0.2) is 12.8 Å². The van der Waals surface area contributed by atoms with E-state index in [2.05, 4.69) is 5.32 Å². The van der Waals surface area contributed by atoms with Gasteiger partial charge in [0.05, 0.1) is 10.1 Å². The Hall–Kier alpha value is -1.46. The van der Waals surface area contributed by atoms with E-state index in [9.17, 15) is 12.8 Å². The van der Waals surface area contributed by atoms with Crippen LogP contribution in [0.15, 0.2) is 47.1 Å². The summed E-state index contributed by atoms with van der Waals surface area (Å²) in [4.78, 5) is 0.282. The Morgan fingerprint density at radius 2 is 2.14 bits per heavy atom. The molecule has 2 aliphatic rings. The van der Waals surface area contributed by atoms with Crippen molar-refractivity contribution in [2.45, 2.75) is 35.8 Å². The van der Waals surface area contributed by atoms with Crippen molar-refractivity contribution in [3.05, 3.63) is 53.4 Å². The zero-order valence-electron chi connectivity index (χ0n) is 12.5. The molecule has 0 saturated carbocycles. The van der Waals surface area contributed by atoms with Gasteiger partial charge >= 0.3 is 0 Å². The highest BCUT2D eigenvalue weighted by Gasteiger charge is 2.28. The van der Waals surface area contributed by atoms with Crippen molar-refractivity contribution >= 4 is 9.84 Å². The number of halogens is 1. The van der Waals surface area contributed by atoms with Crippen LogP contribution in [0.3, 0.4) is 0 Å². The third-order valence-electron chi connectivity index (χ3n) is 4.47. The number of hydrogen-bond acceptors (Lipinski definition) is 3. The van der Waals surface area contributed by atoms with E-state index >= 15 is 0 Å². The van der Waals surface area contributed by atoms with Gasteiger partial charge < -0.3 is 5.32 Å². The first-order valence-corrected chi connectivity index (χ1v) is 9.11. The van der Waals surface area contributed by atoms with Crippen molar-refractivity contribution < 1.29 is 12.8 Å². The summed E-state index contributed by atoms with van der Waals surface area (Å²) < 4.78 is 38.7. The zero-order valence-corrected chi connectivity index (χ0v) is 13.4. The number of rotatable bonds is 3. The largest absolute Gasteiger partial charge is 0.316 e. The minimum Gasteiger partial charge on any atom is -0.316 e. The summed E-state index contributed by atoms with van der Waals surface area (Å²) in [5.74, 6) is 0.0631. The van der Waals surface area contributed by atoms with Crippen molar-refractivity contribution in [2.75, 3.05) is 13.1 Å². The van der Waals surface area contributed by atoms with Gasteiger partial charge in [0.25, 0.3) is 0 Å². The number of aryl methyl sites for hydroxylation is 1. The smallest absolute Gasteiger partial charge is 0.185 e. The minimum atomic E-state index is -3.54. The Balaban J connectivity index is 1.90. The van der Waals surface area contributed by atoms with Gasteiger partial charge in [0, 0.05) is 13.0 Å². The van der Waals surface area contributed by atoms with E-state index in [-0.39, 0.29) is 17.1 Å². The predicted molar refractivity (Wildman–Crippen MR) is 85.3 cm³/mol. The molecule has 1 N–H and O–H groups in total. The molecule has 0 amide bonds. The Labute approximate surface area is 130 Å². The Morgan fingerprint density at radius 3 is 2.77 bits per heavy atom. The van der Waals surface area contributed by atoms with Crippen LogP contribution in [0, 0.1) is 6.92 Å². The maximum atomic E-state index is 13.4. The van der Waals surface area contributed by atoms with Crippen LogP contribution in [0.25, 0.3) is 0 Å². The SMILES string of the molecule is Cc1cc(S(=O)(=O)C2C=CC=C(F)C2)ccc1C1CCNC1. The maximum absolute atomic E-state index is 13.4. The van der Waals surface area contributed by atoms with E-state index in [1.165, 1.54) is 17.7 Å². The molecular formula is C17H20FNO2S. The lowest BCUT2D eigenvalue weighted by Gasteiger charge is -2.18. The van der Waals surface area contributed by atoms with Crippen LogP contribution in [0.4, 0.5) is 4.39 Å². The van der Waals surface area contributed by atoms with Crippen LogP contribution in [0.1, 0.15) is 29.9 Å². The standard InChI is InChI=1S/C17H20FNO2S/c1-12-9-16(5-6-17(12)13-7-8-19-11-13)22(20,21)15-4-2-3-14(18)10-15/h2-6,9,13,15,19H,7-8,10-11H2,1H3. The van der Waals surface area contributed by atoms with Gasteiger partial charge in [-0.3, -0.25) is 0 Å². The second-order valence-electron chi connectivity index (χ2n) is 5.99. The lowest BCUT2D eigenvalue weighted by molar-refractivity contribution is 0.559. The Bertz CT molecular complexity index is 731. The van der Waals surface area contributed by atoms with Gasteiger partial charge in [-0.1, -0.05) is 18.2 Å². The monoisotopic (exact) mass is 321 g/mol. The normalized spacial score (nSPS) is 25.3. The highest BCUT2D eigenvalue weighted by Crippen LogP contribution is 2.30. The number of allylic oxidation sites excluding steroid dienone is 3. The molecule has 3 rings (SSSR count). The number of hydrogen-bond donors (Lipinski definition) is 1. The number of nitrogens with one attached hydrogen (secondary N) is 1. The molecule has 2 atom stereocenters. The minimum absolute atomic E-state index is 0.0772. The number of sulfone groups is 1. The number of benzene rings is 1. The van der Waals surface area contributed by atoms with Gasteiger partial charge in [-0.2, -0.15) is 0 Å². The third-order valence-corrected chi connectivity index (χ3v) is 6.50. The molecule has 1 aromatic rings. The summed E-state index contributed by atoms with van der Waals surface area (Å²) in [7, 11) is -3.54. The average Bonchev–Trinajstić information content (AvgIpc) is 3.01. The quantitative estimate of drug-likeness (QED) is 0.931. The topological polar surface area (TPSA) is 46.2 Å². The van der Waals surface area contributed by atoms with Gasteiger partial charge in [0.1, 0.15) is 5.83 Å². The van der Waals surface area contributed by atoms with E-state index in [0.717, 1.165) is 25.1 Å². The second kappa shape index (κ2) is 5.97. The summed E-state index contributed by atoms with van der Waals surface area (Å²) in [6.45, 7) is 3.89. The Morgan fingerprint density at radius 1 is 1.32 bits per heavy atom. The van der Waals surface area contributed by atoms with Crippen molar-refractivity contribution in [2.24, 2.45) is 0 Å². The molecular weight excluding hydrogens is 301 g/mol. The van der Waals surface area contributed by atoms with Crippen LogP contribution in [-0.4, -0.2) is 26.8 Å².